The molecule has 1 amide bonds. The summed E-state index contributed by atoms with van der Waals surface area (Å²) in [7, 11) is 0. The molecule has 0 bridgehead atoms. The zero-order valence-electron chi connectivity index (χ0n) is 10.5. The van der Waals surface area contributed by atoms with Gasteiger partial charge in [0.15, 0.2) is 0 Å². The zero-order chi connectivity index (χ0) is 12.3. The number of rotatable bonds is 2. The van der Waals surface area contributed by atoms with Gasteiger partial charge in [-0.3, -0.25) is 4.79 Å². The quantitative estimate of drug-likeness (QED) is 0.816. The van der Waals surface area contributed by atoms with Crippen molar-refractivity contribution in [2.24, 2.45) is 0 Å². The number of aryl methyl sites for hydroxylation is 2. The van der Waals surface area contributed by atoms with Crippen molar-refractivity contribution in [1.29, 1.82) is 0 Å². The van der Waals surface area contributed by atoms with Crippen molar-refractivity contribution in [3.8, 4) is 0 Å². The minimum Gasteiger partial charge on any atom is -0.348 e. The first-order valence-electron chi connectivity index (χ1n) is 6.25. The molecule has 1 heterocycles. The summed E-state index contributed by atoms with van der Waals surface area (Å²) >= 11 is 0. The average molecular weight is 232 g/mol. The van der Waals surface area contributed by atoms with Gasteiger partial charge in [-0.2, -0.15) is 0 Å². The van der Waals surface area contributed by atoms with Crippen LogP contribution in [0.5, 0.6) is 0 Å². The van der Waals surface area contributed by atoms with Crippen LogP contribution in [0.15, 0.2) is 18.2 Å². The van der Waals surface area contributed by atoms with E-state index in [-0.39, 0.29) is 11.9 Å². The molecule has 0 spiro atoms. The van der Waals surface area contributed by atoms with Gasteiger partial charge in [0.05, 0.1) is 0 Å². The Balaban J connectivity index is 2.01. The number of hydrogen-bond donors (Lipinski definition) is 2. The molecule has 92 valence electrons. The second-order valence-corrected chi connectivity index (χ2v) is 4.82. The Morgan fingerprint density at radius 1 is 1.35 bits per heavy atom. The van der Waals surface area contributed by atoms with E-state index in [1.54, 1.807) is 0 Å². The normalized spacial score (nSPS) is 20.0. The van der Waals surface area contributed by atoms with E-state index in [0.29, 0.717) is 0 Å². The van der Waals surface area contributed by atoms with Gasteiger partial charge >= 0.3 is 0 Å². The third-order valence-electron chi connectivity index (χ3n) is 3.40. The van der Waals surface area contributed by atoms with Crippen molar-refractivity contribution in [3.05, 3.63) is 34.9 Å². The monoisotopic (exact) mass is 232 g/mol. The lowest BCUT2D eigenvalue weighted by atomic mass is 10.0. The van der Waals surface area contributed by atoms with Gasteiger partial charge < -0.3 is 10.6 Å². The van der Waals surface area contributed by atoms with Crippen molar-refractivity contribution in [2.45, 2.75) is 32.7 Å². The van der Waals surface area contributed by atoms with Crippen LogP contribution in [0, 0.1) is 13.8 Å². The number of carbonyl (C=O) groups excluding carboxylic acids is 1. The standard InChI is InChI=1S/C14H20N2O/c1-10-5-6-12(8-11(10)2)14(17)16-13-4-3-7-15-9-13/h5-6,8,13,15H,3-4,7,9H2,1-2H3,(H,16,17). The van der Waals surface area contributed by atoms with Crippen molar-refractivity contribution in [3.63, 3.8) is 0 Å². The van der Waals surface area contributed by atoms with Crippen LogP contribution < -0.4 is 10.6 Å². The summed E-state index contributed by atoms with van der Waals surface area (Å²) in [5.41, 5.74) is 3.15. The van der Waals surface area contributed by atoms with Crippen molar-refractivity contribution in [2.75, 3.05) is 13.1 Å². The lowest BCUT2D eigenvalue weighted by Gasteiger charge is -2.23. The summed E-state index contributed by atoms with van der Waals surface area (Å²) < 4.78 is 0. The molecule has 1 saturated heterocycles. The van der Waals surface area contributed by atoms with Crippen LogP contribution in [0.4, 0.5) is 0 Å². The predicted molar refractivity (Wildman–Crippen MR) is 69.3 cm³/mol. The van der Waals surface area contributed by atoms with Crippen molar-refractivity contribution in [1.82, 2.24) is 10.6 Å². The first kappa shape index (κ1) is 12.1. The first-order valence-corrected chi connectivity index (χ1v) is 6.25. The minimum absolute atomic E-state index is 0.0433. The van der Waals surface area contributed by atoms with E-state index < -0.39 is 0 Å². The Morgan fingerprint density at radius 2 is 2.18 bits per heavy atom. The van der Waals surface area contributed by atoms with Crippen LogP contribution in [0.3, 0.4) is 0 Å². The summed E-state index contributed by atoms with van der Waals surface area (Å²) in [6.07, 6.45) is 2.21. The van der Waals surface area contributed by atoms with Gasteiger partial charge in [-0.05, 0) is 56.5 Å². The molecule has 1 unspecified atom stereocenters. The molecule has 1 aromatic rings. The summed E-state index contributed by atoms with van der Waals surface area (Å²) in [6.45, 7) is 6.04. The molecule has 0 aromatic heterocycles. The molecule has 3 heteroatoms. The summed E-state index contributed by atoms with van der Waals surface area (Å²) in [6, 6.07) is 6.14. The van der Waals surface area contributed by atoms with E-state index >= 15 is 0 Å². The predicted octanol–water partition coefficient (Wildman–Crippen LogP) is 1.79. The second kappa shape index (κ2) is 5.32. The van der Waals surface area contributed by atoms with E-state index in [0.717, 1.165) is 31.5 Å². The number of benzene rings is 1. The fourth-order valence-electron chi connectivity index (χ4n) is 2.13. The maximum absolute atomic E-state index is 12.0. The highest BCUT2D eigenvalue weighted by Crippen LogP contribution is 2.10. The van der Waals surface area contributed by atoms with E-state index in [2.05, 4.69) is 17.6 Å². The maximum atomic E-state index is 12.0. The molecule has 1 atom stereocenters. The molecular formula is C14H20N2O. The molecule has 1 aliphatic heterocycles. The van der Waals surface area contributed by atoms with Gasteiger partial charge in [-0.15, -0.1) is 0 Å². The summed E-state index contributed by atoms with van der Waals surface area (Å²) in [4.78, 5) is 12.0. The lowest BCUT2D eigenvalue weighted by Crippen LogP contribution is -2.45. The Bertz CT molecular complexity index is 409. The molecule has 0 saturated carbocycles. The SMILES string of the molecule is Cc1ccc(C(=O)NC2CCCNC2)cc1C. The van der Waals surface area contributed by atoms with Gasteiger partial charge in [-0.1, -0.05) is 6.07 Å². The topological polar surface area (TPSA) is 41.1 Å². The highest BCUT2D eigenvalue weighted by atomic mass is 16.1. The molecule has 2 rings (SSSR count). The molecular weight excluding hydrogens is 212 g/mol. The maximum Gasteiger partial charge on any atom is 0.251 e. The molecule has 17 heavy (non-hydrogen) atoms. The third-order valence-corrected chi connectivity index (χ3v) is 3.40. The van der Waals surface area contributed by atoms with Gasteiger partial charge in [0.2, 0.25) is 0 Å². The molecule has 1 fully saturated rings. The Morgan fingerprint density at radius 3 is 2.82 bits per heavy atom. The lowest BCUT2D eigenvalue weighted by molar-refractivity contribution is 0.0930. The van der Waals surface area contributed by atoms with Crippen LogP contribution >= 0.6 is 0 Å². The highest BCUT2D eigenvalue weighted by molar-refractivity contribution is 5.94. The molecule has 3 nitrogen and oxygen atoms in total. The zero-order valence-corrected chi connectivity index (χ0v) is 10.5. The Labute approximate surface area is 103 Å². The Hall–Kier alpha value is -1.35. The Kier molecular flexibility index (Phi) is 3.79. The number of amides is 1. The van der Waals surface area contributed by atoms with Crippen LogP contribution in [0.1, 0.15) is 34.3 Å². The van der Waals surface area contributed by atoms with E-state index in [1.807, 2.05) is 25.1 Å². The van der Waals surface area contributed by atoms with Gasteiger partial charge in [0, 0.05) is 18.2 Å². The molecule has 2 N–H and O–H groups in total. The number of carbonyl (C=O) groups is 1. The van der Waals surface area contributed by atoms with Gasteiger partial charge in [-0.25, -0.2) is 0 Å². The number of hydrogen-bond acceptors (Lipinski definition) is 2. The van der Waals surface area contributed by atoms with Crippen LogP contribution in [-0.4, -0.2) is 25.0 Å². The largest absolute Gasteiger partial charge is 0.348 e. The van der Waals surface area contributed by atoms with E-state index in [9.17, 15) is 4.79 Å². The van der Waals surface area contributed by atoms with Crippen molar-refractivity contribution < 1.29 is 4.79 Å². The van der Waals surface area contributed by atoms with Crippen LogP contribution in [0.2, 0.25) is 0 Å². The number of piperidine rings is 1. The molecule has 0 radical (unpaired) electrons. The van der Waals surface area contributed by atoms with Gasteiger partial charge in [0.25, 0.3) is 5.91 Å². The highest BCUT2D eigenvalue weighted by Gasteiger charge is 2.16. The minimum atomic E-state index is 0.0433. The van der Waals surface area contributed by atoms with Crippen LogP contribution in [0.25, 0.3) is 0 Å². The fourth-order valence-corrected chi connectivity index (χ4v) is 2.13. The van der Waals surface area contributed by atoms with Crippen LogP contribution in [-0.2, 0) is 0 Å². The van der Waals surface area contributed by atoms with E-state index in [1.165, 1.54) is 11.1 Å². The fraction of sp³-hybridized carbons (Fsp3) is 0.500. The van der Waals surface area contributed by atoms with Crippen molar-refractivity contribution >= 4 is 5.91 Å². The summed E-state index contributed by atoms with van der Waals surface area (Å²) in [5, 5.41) is 6.38. The number of nitrogens with one attached hydrogen (secondary N) is 2. The average Bonchev–Trinajstić information content (AvgIpc) is 2.34. The van der Waals surface area contributed by atoms with E-state index in [4.69, 9.17) is 0 Å². The molecule has 1 aromatic carbocycles. The second-order valence-electron chi connectivity index (χ2n) is 4.82. The summed E-state index contributed by atoms with van der Waals surface area (Å²) in [5.74, 6) is 0.0433. The van der Waals surface area contributed by atoms with Gasteiger partial charge in [0.1, 0.15) is 0 Å². The molecule has 0 aliphatic carbocycles. The smallest absolute Gasteiger partial charge is 0.251 e. The molecule has 1 aliphatic rings. The third kappa shape index (κ3) is 3.07. The first-order chi connectivity index (χ1) is 8.16.